The zero-order valence-electron chi connectivity index (χ0n) is 13.0. The van der Waals surface area contributed by atoms with Crippen molar-refractivity contribution in [2.45, 2.75) is 46.6 Å². The number of nitro groups is 1. The van der Waals surface area contributed by atoms with Crippen molar-refractivity contribution in [3.05, 3.63) is 39.7 Å². The van der Waals surface area contributed by atoms with Crippen LogP contribution in [0, 0.1) is 21.3 Å². The summed E-state index contributed by atoms with van der Waals surface area (Å²) in [6.45, 7) is 9.79. The summed E-state index contributed by atoms with van der Waals surface area (Å²) in [5, 5.41) is 13.4. The molecule has 0 aliphatic carbocycles. The van der Waals surface area contributed by atoms with Crippen molar-refractivity contribution in [3.8, 4) is 0 Å². The quantitative estimate of drug-likeness (QED) is 0.680. The van der Waals surface area contributed by atoms with Gasteiger partial charge in [-0.2, -0.15) is 0 Å². The van der Waals surface area contributed by atoms with Crippen molar-refractivity contribution in [1.29, 1.82) is 0 Å². The van der Waals surface area contributed by atoms with E-state index in [1.165, 1.54) is 0 Å². The second-order valence-corrected chi connectivity index (χ2v) is 7.00. The van der Waals surface area contributed by atoms with Crippen LogP contribution in [-0.2, 0) is 0 Å². The van der Waals surface area contributed by atoms with Crippen LogP contribution in [0.5, 0.6) is 0 Å². The van der Waals surface area contributed by atoms with Gasteiger partial charge < -0.3 is 5.32 Å². The van der Waals surface area contributed by atoms with Gasteiger partial charge in [0.25, 0.3) is 11.6 Å². The van der Waals surface area contributed by atoms with Crippen molar-refractivity contribution in [1.82, 2.24) is 5.32 Å². The maximum atomic E-state index is 13.7. The maximum Gasteiger partial charge on any atom is 0.270 e. The molecule has 0 saturated heterocycles. The van der Waals surface area contributed by atoms with E-state index < -0.39 is 22.2 Å². The van der Waals surface area contributed by atoms with E-state index in [4.69, 9.17) is 0 Å². The third-order valence-corrected chi connectivity index (χ3v) is 2.83. The Bertz CT molecular complexity index is 563. The molecule has 0 aliphatic heterocycles. The van der Waals surface area contributed by atoms with Crippen molar-refractivity contribution in [3.63, 3.8) is 0 Å². The number of halogens is 1. The summed E-state index contributed by atoms with van der Waals surface area (Å²) in [5.74, 6) is -1.42. The van der Waals surface area contributed by atoms with Crippen LogP contribution in [0.1, 0.15) is 51.4 Å². The summed E-state index contributed by atoms with van der Waals surface area (Å²) < 4.78 is 13.7. The fourth-order valence-corrected chi connectivity index (χ4v) is 2.55. The fourth-order valence-electron chi connectivity index (χ4n) is 2.55. The van der Waals surface area contributed by atoms with E-state index in [2.05, 4.69) is 5.32 Å². The van der Waals surface area contributed by atoms with Gasteiger partial charge in [-0.15, -0.1) is 0 Å². The van der Waals surface area contributed by atoms with Crippen LogP contribution in [0.3, 0.4) is 0 Å². The molecular formula is C15H21FN2O3. The van der Waals surface area contributed by atoms with Gasteiger partial charge in [0.2, 0.25) is 0 Å². The predicted molar refractivity (Wildman–Crippen MR) is 78.7 cm³/mol. The van der Waals surface area contributed by atoms with Gasteiger partial charge in [-0.25, -0.2) is 4.39 Å². The number of carbonyl (C=O) groups excluding carboxylic acids is 1. The minimum absolute atomic E-state index is 0.0159. The van der Waals surface area contributed by atoms with E-state index in [-0.39, 0.29) is 16.7 Å². The number of nitrogens with zero attached hydrogens (tertiary/aromatic N) is 1. The highest BCUT2D eigenvalue weighted by Crippen LogP contribution is 2.27. The Labute approximate surface area is 123 Å². The molecule has 0 saturated carbocycles. The van der Waals surface area contributed by atoms with Gasteiger partial charge in [-0.1, -0.05) is 20.8 Å². The van der Waals surface area contributed by atoms with E-state index >= 15 is 0 Å². The standard InChI is InChI=1S/C15H21FN2O3/c1-14(2,3)9-15(4,5)17-13(19)11-8-10(18(20)21)6-7-12(11)16/h6-8H,9H2,1-5H3,(H,17,19). The topological polar surface area (TPSA) is 72.2 Å². The summed E-state index contributed by atoms with van der Waals surface area (Å²) in [4.78, 5) is 22.2. The van der Waals surface area contributed by atoms with Gasteiger partial charge >= 0.3 is 0 Å². The second-order valence-electron chi connectivity index (χ2n) is 7.00. The minimum atomic E-state index is -0.773. The number of rotatable bonds is 4. The third-order valence-electron chi connectivity index (χ3n) is 2.83. The second kappa shape index (κ2) is 5.79. The van der Waals surface area contributed by atoms with Gasteiger partial charge in [0.1, 0.15) is 5.82 Å². The first-order valence-corrected chi connectivity index (χ1v) is 6.68. The number of carbonyl (C=O) groups is 1. The van der Waals surface area contributed by atoms with Crippen LogP contribution < -0.4 is 5.32 Å². The molecule has 1 aromatic carbocycles. The Hall–Kier alpha value is -1.98. The number of hydrogen-bond acceptors (Lipinski definition) is 3. The Kier molecular flexibility index (Phi) is 4.71. The number of nitro benzene ring substituents is 1. The molecule has 0 unspecified atom stereocenters. The molecule has 1 aromatic rings. The van der Waals surface area contributed by atoms with Crippen molar-refractivity contribution >= 4 is 11.6 Å². The largest absolute Gasteiger partial charge is 0.347 e. The molecule has 5 nitrogen and oxygen atoms in total. The van der Waals surface area contributed by atoms with Crippen LogP contribution in [0.4, 0.5) is 10.1 Å². The summed E-state index contributed by atoms with van der Waals surface area (Å²) in [6, 6.07) is 2.92. The van der Waals surface area contributed by atoms with Crippen molar-refractivity contribution in [2.24, 2.45) is 5.41 Å². The first kappa shape index (κ1) is 17.1. The van der Waals surface area contributed by atoms with E-state index in [0.29, 0.717) is 6.42 Å². The lowest BCUT2D eigenvalue weighted by atomic mass is 9.81. The Morgan fingerprint density at radius 2 is 1.86 bits per heavy atom. The number of nitrogens with one attached hydrogen (secondary N) is 1. The number of non-ortho nitro benzene ring substituents is 1. The molecule has 116 valence electrons. The van der Waals surface area contributed by atoms with E-state index in [9.17, 15) is 19.3 Å². The molecule has 1 amide bonds. The molecule has 6 heteroatoms. The van der Waals surface area contributed by atoms with Crippen LogP contribution >= 0.6 is 0 Å². The van der Waals surface area contributed by atoms with Crippen LogP contribution in [0.25, 0.3) is 0 Å². The first-order valence-electron chi connectivity index (χ1n) is 6.68. The van der Waals surface area contributed by atoms with Crippen LogP contribution in [0.2, 0.25) is 0 Å². The van der Waals surface area contributed by atoms with Gasteiger partial charge in [0.15, 0.2) is 0 Å². The molecule has 0 spiro atoms. The van der Waals surface area contributed by atoms with E-state index in [1.807, 2.05) is 34.6 Å². The fraction of sp³-hybridized carbons (Fsp3) is 0.533. The monoisotopic (exact) mass is 296 g/mol. The lowest BCUT2D eigenvalue weighted by Crippen LogP contribution is -2.46. The highest BCUT2D eigenvalue weighted by molar-refractivity contribution is 5.95. The molecule has 0 fully saturated rings. The van der Waals surface area contributed by atoms with Gasteiger partial charge in [0.05, 0.1) is 10.5 Å². The highest BCUT2D eigenvalue weighted by atomic mass is 19.1. The maximum absolute atomic E-state index is 13.7. The highest BCUT2D eigenvalue weighted by Gasteiger charge is 2.28. The number of amides is 1. The third kappa shape index (κ3) is 5.13. The summed E-state index contributed by atoms with van der Waals surface area (Å²) in [6.07, 6.45) is 0.683. The molecule has 21 heavy (non-hydrogen) atoms. The van der Waals surface area contributed by atoms with Crippen molar-refractivity contribution in [2.75, 3.05) is 0 Å². The van der Waals surface area contributed by atoms with Gasteiger partial charge in [0, 0.05) is 17.7 Å². The molecular weight excluding hydrogens is 275 g/mol. The molecule has 1 rings (SSSR count). The average molecular weight is 296 g/mol. The smallest absolute Gasteiger partial charge is 0.270 e. The number of benzene rings is 1. The van der Waals surface area contributed by atoms with Crippen LogP contribution in [-0.4, -0.2) is 16.4 Å². The first-order chi connectivity index (χ1) is 9.41. The Morgan fingerprint density at radius 1 is 1.29 bits per heavy atom. The van der Waals surface area contributed by atoms with Crippen LogP contribution in [0.15, 0.2) is 18.2 Å². The molecule has 0 bridgehead atoms. The summed E-state index contributed by atoms with van der Waals surface area (Å²) in [5.41, 5.74) is -1.19. The summed E-state index contributed by atoms with van der Waals surface area (Å²) in [7, 11) is 0. The van der Waals surface area contributed by atoms with E-state index in [0.717, 1.165) is 18.2 Å². The number of hydrogen-bond donors (Lipinski definition) is 1. The van der Waals surface area contributed by atoms with Crippen molar-refractivity contribution < 1.29 is 14.1 Å². The molecule has 0 atom stereocenters. The average Bonchev–Trinajstić information content (AvgIpc) is 2.24. The zero-order valence-corrected chi connectivity index (χ0v) is 13.0. The zero-order chi connectivity index (χ0) is 16.4. The Balaban J connectivity index is 2.99. The summed E-state index contributed by atoms with van der Waals surface area (Å²) >= 11 is 0. The molecule has 0 heterocycles. The lowest BCUT2D eigenvalue weighted by molar-refractivity contribution is -0.384. The minimum Gasteiger partial charge on any atom is -0.347 e. The van der Waals surface area contributed by atoms with E-state index in [1.54, 1.807) is 0 Å². The molecule has 0 radical (unpaired) electrons. The van der Waals surface area contributed by atoms with Gasteiger partial charge in [-0.3, -0.25) is 14.9 Å². The molecule has 0 aromatic heterocycles. The Morgan fingerprint density at radius 3 is 2.33 bits per heavy atom. The SMILES string of the molecule is CC(C)(C)CC(C)(C)NC(=O)c1cc([N+](=O)[O-])ccc1F. The predicted octanol–water partition coefficient (Wildman–Crippen LogP) is 3.68. The van der Waals surface area contributed by atoms with Gasteiger partial charge in [-0.05, 0) is 31.7 Å². The molecule has 0 aliphatic rings. The normalized spacial score (nSPS) is 12.1. The lowest BCUT2D eigenvalue weighted by Gasteiger charge is -2.33. The molecule has 1 N–H and O–H groups in total.